The Labute approximate surface area is 145 Å². The highest BCUT2D eigenvalue weighted by molar-refractivity contribution is 5.85. The van der Waals surface area contributed by atoms with Crippen LogP contribution in [0.25, 0.3) is 0 Å². The molecular weight excluding hydrogens is 312 g/mol. The lowest BCUT2D eigenvalue weighted by Crippen LogP contribution is -2.33. The molecule has 130 valence electrons. The molecule has 0 spiro atoms. The fourth-order valence-electron chi connectivity index (χ4n) is 3.14. The molecule has 0 radical (unpaired) electrons. The topological polar surface area (TPSA) is 50.4 Å². The minimum Gasteiger partial charge on any atom is -0.380 e. The summed E-state index contributed by atoms with van der Waals surface area (Å²) >= 11 is 0. The van der Waals surface area contributed by atoms with E-state index in [2.05, 4.69) is 23.6 Å². The van der Waals surface area contributed by atoms with E-state index in [-0.39, 0.29) is 18.3 Å². The Kier molecular flexibility index (Phi) is 9.22. The van der Waals surface area contributed by atoms with Crippen LogP contribution in [0, 0.1) is 11.8 Å². The van der Waals surface area contributed by atoms with Crippen molar-refractivity contribution in [2.45, 2.75) is 39.3 Å². The zero-order valence-corrected chi connectivity index (χ0v) is 15.0. The third kappa shape index (κ3) is 6.90. The maximum absolute atomic E-state index is 12.1. The molecule has 23 heavy (non-hydrogen) atoms. The quantitative estimate of drug-likeness (QED) is 0.802. The molecule has 2 rings (SSSR count). The molecule has 1 aromatic carbocycles. The SMILES string of the molecule is COCc1cccc(CNC(=O)CC(C)C2CCNCC2)c1.Cl. The van der Waals surface area contributed by atoms with Gasteiger partial charge in [-0.25, -0.2) is 0 Å². The number of ether oxygens (including phenoxy) is 1. The molecule has 1 aliphatic heterocycles. The summed E-state index contributed by atoms with van der Waals surface area (Å²) in [5.41, 5.74) is 2.26. The van der Waals surface area contributed by atoms with Gasteiger partial charge in [0.2, 0.25) is 5.91 Å². The van der Waals surface area contributed by atoms with E-state index in [1.165, 1.54) is 12.8 Å². The van der Waals surface area contributed by atoms with E-state index in [0.717, 1.165) is 24.2 Å². The fourth-order valence-corrected chi connectivity index (χ4v) is 3.14. The Hall–Kier alpha value is -1.10. The summed E-state index contributed by atoms with van der Waals surface area (Å²) in [6.45, 7) is 5.57. The van der Waals surface area contributed by atoms with Crippen molar-refractivity contribution in [1.29, 1.82) is 0 Å². The average molecular weight is 341 g/mol. The van der Waals surface area contributed by atoms with Gasteiger partial charge in [0.15, 0.2) is 0 Å². The van der Waals surface area contributed by atoms with E-state index in [4.69, 9.17) is 4.74 Å². The molecule has 2 N–H and O–H groups in total. The molecule has 4 nitrogen and oxygen atoms in total. The van der Waals surface area contributed by atoms with Gasteiger partial charge in [-0.3, -0.25) is 4.79 Å². The summed E-state index contributed by atoms with van der Waals surface area (Å²) in [7, 11) is 1.69. The highest BCUT2D eigenvalue weighted by Crippen LogP contribution is 2.24. The van der Waals surface area contributed by atoms with Crippen LogP contribution in [0.4, 0.5) is 0 Å². The number of rotatable bonds is 7. The van der Waals surface area contributed by atoms with E-state index in [9.17, 15) is 4.79 Å². The molecule has 0 aromatic heterocycles. The number of hydrogen-bond acceptors (Lipinski definition) is 3. The van der Waals surface area contributed by atoms with Crippen molar-refractivity contribution in [2.75, 3.05) is 20.2 Å². The van der Waals surface area contributed by atoms with Crippen LogP contribution in [-0.2, 0) is 22.7 Å². The number of benzene rings is 1. The van der Waals surface area contributed by atoms with Crippen molar-refractivity contribution in [3.63, 3.8) is 0 Å². The average Bonchev–Trinajstić information content (AvgIpc) is 2.54. The first-order valence-corrected chi connectivity index (χ1v) is 8.23. The van der Waals surface area contributed by atoms with E-state index in [0.29, 0.717) is 31.4 Å². The minimum atomic E-state index is 0. The lowest BCUT2D eigenvalue weighted by Gasteiger charge is -2.27. The Morgan fingerprint density at radius 1 is 1.35 bits per heavy atom. The van der Waals surface area contributed by atoms with Crippen LogP contribution in [0.1, 0.15) is 37.3 Å². The van der Waals surface area contributed by atoms with Crippen LogP contribution >= 0.6 is 12.4 Å². The molecule has 1 amide bonds. The van der Waals surface area contributed by atoms with Gasteiger partial charge < -0.3 is 15.4 Å². The maximum Gasteiger partial charge on any atom is 0.220 e. The first-order valence-electron chi connectivity index (χ1n) is 8.23. The Morgan fingerprint density at radius 2 is 2.04 bits per heavy atom. The Morgan fingerprint density at radius 3 is 2.74 bits per heavy atom. The third-order valence-corrected chi connectivity index (χ3v) is 4.49. The third-order valence-electron chi connectivity index (χ3n) is 4.49. The van der Waals surface area contributed by atoms with Gasteiger partial charge in [-0.1, -0.05) is 31.2 Å². The summed E-state index contributed by atoms with van der Waals surface area (Å²) in [6.07, 6.45) is 3.00. The van der Waals surface area contributed by atoms with Gasteiger partial charge in [0, 0.05) is 20.1 Å². The molecule has 0 saturated carbocycles. The molecule has 1 heterocycles. The zero-order valence-electron chi connectivity index (χ0n) is 14.1. The van der Waals surface area contributed by atoms with Crippen LogP contribution in [0.5, 0.6) is 0 Å². The first-order chi connectivity index (χ1) is 10.7. The van der Waals surface area contributed by atoms with E-state index in [1.54, 1.807) is 7.11 Å². The molecule has 1 aromatic rings. The first kappa shape index (κ1) is 19.9. The number of methoxy groups -OCH3 is 1. The van der Waals surface area contributed by atoms with E-state index in [1.807, 2.05) is 18.2 Å². The minimum absolute atomic E-state index is 0. The normalized spacial score (nSPS) is 16.4. The molecular formula is C18H29ClN2O2. The number of halogens is 1. The number of amides is 1. The van der Waals surface area contributed by atoms with Crippen molar-refractivity contribution in [2.24, 2.45) is 11.8 Å². The van der Waals surface area contributed by atoms with E-state index < -0.39 is 0 Å². The van der Waals surface area contributed by atoms with Crippen molar-refractivity contribution in [1.82, 2.24) is 10.6 Å². The number of nitrogens with one attached hydrogen (secondary N) is 2. The molecule has 1 fully saturated rings. The van der Waals surface area contributed by atoms with Gasteiger partial charge in [-0.2, -0.15) is 0 Å². The monoisotopic (exact) mass is 340 g/mol. The standard InChI is InChI=1S/C18H28N2O2.ClH/c1-14(17-6-8-19-9-7-17)10-18(21)20-12-15-4-3-5-16(11-15)13-22-2;/h3-5,11,14,17,19H,6-10,12-13H2,1-2H3,(H,20,21);1H. The van der Waals surface area contributed by atoms with Gasteiger partial charge in [0.25, 0.3) is 0 Å². The van der Waals surface area contributed by atoms with Crippen molar-refractivity contribution >= 4 is 18.3 Å². The second kappa shape index (κ2) is 10.6. The summed E-state index contributed by atoms with van der Waals surface area (Å²) < 4.78 is 5.14. The summed E-state index contributed by atoms with van der Waals surface area (Å²) in [5.74, 6) is 1.29. The molecule has 1 atom stereocenters. The number of piperidine rings is 1. The number of hydrogen-bond donors (Lipinski definition) is 2. The predicted molar refractivity (Wildman–Crippen MR) is 95.6 cm³/mol. The highest BCUT2D eigenvalue weighted by atomic mass is 35.5. The highest BCUT2D eigenvalue weighted by Gasteiger charge is 2.21. The van der Waals surface area contributed by atoms with Crippen molar-refractivity contribution < 1.29 is 9.53 Å². The van der Waals surface area contributed by atoms with Crippen LogP contribution in [0.2, 0.25) is 0 Å². The second-order valence-corrected chi connectivity index (χ2v) is 6.30. The lowest BCUT2D eigenvalue weighted by molar-refractivity contribution is -0.122. The van der Waals surface area contributed by atoms with Gasteiger partial charge >= 0.3 is 0 Å². The predicted octanol–water partition coefficient (Wildman–Crippen LogP) is 2.90. The summed E-state index contributed by atoms with van der Waals surface area (Å²) in [5, 5.41) is 6.42. The van der Waals surface area contributed by atoms with Gasteiger partial charge in [0.05, 0.1) is 6.61 Å². The summed E-state index contributed by atoms with van der Waals surface area (Å²) in [4.78, 5) is 12.1. The summed E-state index contributed by atoms with van der Waals surface area (Å²) in [6, 6.07) is 8.16. The fraction of sp³-hybridized carbons (Fsp3) is 0.611. The van der Waals surface area contributed by atoms with Crippen LogP contribution in [-0.4, -0.2) is 26.1 Å². The smallest absolute Gasteiger partial charge is 0.220 e. The largest absolute Gasteiger partial charge is 0.380 e. The molecule has 1 aliphatic rings. The van der Waals surface area contributed by atoms with Crippen LogP contribution in [0.15, 0.2) is 24.3 Å². The van der Waals surface area contributed by atoms with E-state index >= 15 is 0 Å². The second-order valence-electron chi connectivity index (χ2n) is 6.30. The van der Waals surface area contributed by atoms with Crippen LogP contribution in [0.3, 0.4) is 0 Å². The van der Waals surface area contributed by atoms with Gasteiger partial charge in [-0.05, 0) is 48.9 Å². The number of carbonyl (C=O) groups is 1. The van der Waals surface area contributed by atoms with Crippen molar-refractivity contribution in [3.05, 3.63) is 35.4 Å². The molecule has 5 heteroatoms. The van der Waals surface area contributed by atoms with Gasteiger partial charge in [-0.15, -0.1) is 12.4 Å². The molecule has 0 bridgehead atoms. The Bertz CT molecular complexity index is 476. The zero-order chi connectivity index (χ0) is 15.8. The number of carbonyl (C=O) groups excluding carboxylic acids is 1. The lowest BCUT2D eigenvalue weighted by atomic mass is 9.84. The van der Waals surface area contributed by atoms with Crippen molar-refractivity contribution in [3.8, 4) is 0 Å². The molecule has 1 saturated heterocycles. The van der Waals surface area contributed by atoms with Gasteiger partial charge in [0.1, 0.15) is 0 Å². The maximum atomic E-state index is 12.1. The van der Waals surface area contributed by atoms with Crippen LogP contribution < -0.4 is 10.6 Å². The molecule has 0 aliphatic carbocycles. The Balaban J connectivity index is 0.00000264. The molecule has 1 unspecified atom stereocenters.